The quantitative estimate of drug-likeness (QED) is 0.381. The molecule has 35 heavy (non-hydrogen) atoms. The lowest BCUT2D eigenvalue weighted by atomic mass is 9.70. The Morgan fingerprint density at radius 2 is 1.97 bits per heavy atom. The van der Waals surface area contributed by atoms with Crippen LogP contribution in [-0.4, -0.2) is 69.6 Å². The minimum atomic E-state index is -1.18. The Morgan fingerprint density at radius 3 is 2.54 bits per heavy atom. The normalized spacial score (nSPS) is 32.2. The van der Waals surface area contributed by atoms with Gasteiger partial charge in [0.05, 0.1) is 37.2 Å². The number of ether oxygens (including phenoxy) is 2. The number of nitrogens with zero attached hydrogens (tertiary/aromatic N) is 1. The van der Waals surface area contributed by atoms with Gasteiger partial charge in [-0.15, -0.1) is 0 Å². The molecule has 1 aromatic rings. The number of anilines is 1. The van der Waals surface area contributed by atoms with Crippen LogP contribution in [0, 0.1) is 31.6 Å². The summed E-state index contributed by atoms with van der Waals surface area (Å²) in [5, 5.41) is 13.4. The molecule has 0 radical (unpaired) electrons. The van der Waals surface area contributed by atoms with E-state index < -0.39 is 41.6 Å². The molecule has 0 aliphatic carbocycles. The number of aryl methyl sites for hydroxylation is 2. The smallest absolute Gasteiger partial charge is 0.312 e. The molecule has 2 bridgehead atoms. The molecule has 8 nitrogen and oxygen atoms in total. The Hall–Kier alpha value is -1.97. The summed E-state index contributed by atoms with van der Waals surface area (Å²) in [6.45, 7) is 9.47. The van der Waals surface area contributed by atoms with Gasteiger partial charge < -0.3 is 24.8 Å². The number of benzene rings is 1. The van der Waals surface area contributed by atoms with Crippen LogP contribution in [0.1, 0.15) is 44.7 Å². The third-order valence-corrected chi connectivity index (χ3v) is 8.46. The molecule has 1 aromatic carbocycles. The number of alkyl halides is 1. The van der Waals surface area contributed by atoms with Gasteiger partial charge in [-0.25, -0.2) is 0 Å². The second kappa shape index (κ2) is 9.82. The first kappa shape index (κ1) is 26.1. The highest BCUT2D eigenvalue weighted by molar-refractivity contribution is 9.09. The fourth-order valence-corrected chi connectivity index (χ4v) is 7.23. The van der Waals surface area contributed by atoms with Crippen molar-refractivity contribution >= 4 is 39.4 Å². The summed E-state index contributed by atoms with van der Waals surface area (Å²) in [4.78, 5) is 42.3. The molecule has 3 fully saturated rings. The fourth-order valence-electron chi connectivity index (χ4n) is 6.29. The van der Waals surface area contributed by atoms with Crippen molar-refractivity contribution in [3.63, 3.8) is 0 Å². The molecule has 2 amide bonds. The average Bonchev–Trinajstić information content (AvgIpc) is 3.38. The number of halogens is 1. The molecule has 3 aliphatic rings. The first-order valence-electron chi connectivity index (χ1n) is 12.4. The van der Waals surface area contributed by atoms with Gasteiger partial charge >= 0.3 is 5.97 Å². The number of carbonyl (C=O) groups excluding carboxylic acids is 3. The summed E-state index contributed by atoms with van der Waals surface area (Å²) in [6, 6.07) is 4.19. The number of aliphatic hydroxyl groups excluding tert-OH is 1. The van der Waals surface area contributed by atoms with E-state index in [0.29, 0.717) is 18.5 Å². The lowest BCUT2D eigenvalue weighted by Crippen LogP contribution is -2.57. The molecule has 0 aromatic heterocycles. The van der Waals surface area contributed by atoms with Crippen molar-refractivity contribution in [1.82, 2.24) is 4.90 Å². The highest BCUT2D eigenvalue weighted by Gasteiger charge is 2.77. The van der Waals surface area contributed by atoms with Crippen molar-refractivity contribution in [1.29, 1.82) is 0 Å². The maximum absolute atomic E-state index is 14.0. The molecule has 9 heteroatoms. The summed E-state index contributed by atoms with van der Waals surface area (Å²) < 4.78 is 11.8. The standard InChI is InChI=1S/C26H35BrN2O6/c1-6-34-25(33)18-19-24(32)29(16(12-30)10-13(2)3)22(26(19)11-17(27)21(18)35-26)23(31)28-20-14(4)8-7-9-15(20)5/h7-9,13,16-19,21-22,30H,6,10-12H2,1-5H3,(H,28,31)/t16-,17?,18+,19-,21+,22+,26-/m1/s1. The van der Waals surface area contributed by atoms with Crippen molar-refractivity contribution in [2.24, 2.45) is 17.8 Å². The molecule has 0 saturated carbocycles. The summed E-state index contributed by atoms with van der Waals surface area (Å²) in [5.41, 5.74) is 1.32. The minimum Gasteiger partial charge on any atom is -0.466 e. The number of esters is 1. The van der Waals surface area contributed by atoms with E-state index in [1.165, 1.54) is 4.90 Å². The lowest BCUT2D eigenvalue weighted by molar-refractivity contribution is -0.155. The van der Waals surface area contributed by atoms with E-state index in [1.807, 2.05) is 45.9 Å². The van der Waals surface area contributed by atoms with Gasteiger partial charge in [0.15, 0.2) is 0 Å². The number of hydrogen-bond donors (Lipinski definition) is 2. The van der Waals surface area contributed by atoms with Gasteiger partial charge in [0.1, 0.15) is 11.6 Å². The van der Waals surface area contributed by atoms with E-state index in [9.17, 15) is 19.5 Å². The first-order chi connectivity index (χ1) is 16.6. The van der Waals surface area contributed by atoms with Crippen LogP contribution in [0.5, 0.6) is 0 Å². The number of likely N-dealkylation sites (tertiary alicyclic amines) is 1. The number of fused-ring (bicyclic) bond motifs is 1. The van der Waals surface area contributed by atoms with Crippen LogP contribution < -0.4 is 5.32 Å². The third kappa shape index (κ3) is 4.19. The van der Waals surface area contributed by atoms with E-state index >= 15 is 0 Å². The Morgan fingerprint density at radius 1 is 1.31 bits per heavy atom. The molecule has 3 heterocycles. The number of carbonyl (C=O) groups is 3. The first-order valence-corrected chi connectivity index (χ1v) is 13.3. The van der Waals surface area contributed by atoms with Crippen LogP contribution in [0.2, 0.25) is 0 Å². The molecule has 192 valence electrons. The highest BCUT2D eigenvalue weighted by atomic mass is 79.9. The van der Waals surface area contributed by atoms with E-state index in [-0.39, 0.29) is 35.8 Å². The van der Waals surface area contributed by atoms with Crippen molar-refractivity contribution in [3.05, 3.63) is 29.3 Å². The molecule has 7 atom stereocenters. The Balaban J connectivity index is 1.80. The van der Waals surface area contributed by atoms with Crippen molar-refractivity contribution in [2.75, 3.05) is 18.5 Å². The number of para-hydroxylation sites is 1. The molecule has 1 unspecified atom stereocenters. The third-order valence-electron chi connectivity index (χ3n) is 7.61. The summed E-state index contributed by atoms with van der Waals surface area (Å²) in [5.74, 6) is -2.64. The average molecular weight is 551 g/mol. The van der Waals surface area contributed by atoms with Gasteiger partial charge in [-0.1, -0.05) is 48.0 Å². The van der Waals surface area contributed by atoms with Crippen LogP contribution >= 0.6 is 15.9 Å². The SMILES string of the molecule is CCOC(=O)[C@@H]1[C@H]2O[C@@]3(CC2Br)[C@H](C(=O)Nc2c(C)cccc2C)N([C@@H](CO)CC(C)C)C(=O)[C@@H]13. The zero-order valence-electron chi connectivity index (χ0n) is 20.9. The number of rotatable bonds is 8. The van der Waals surface area contributed by atoms with Crippen molar-refractivity contribution in [2.45, 2.75) is 76.1 Å². The predicted octanol–water partition coefficient (Wildman–Crippen LogP) is 2.96. The van der Waals surface area contributed by atoms with Crippen molar-refractivity contribution in [3.8, 4) is 0 Å². The van der Waals surface area contributed by atoms with Gasteiger partial charge in [0.2, 0.25) is 11.8 Å². The van der Waals surface area contributed by atoms with E-state index in [2.05, 4.69) is 21.2 Å². The Bertz CT molecular complexity index is 995. The van der Waals surface area contributed by atoms with E-state index in [4.69, 9.17) is 9.47 Å². The maximum Gasteiger partial charge on any atom is 0.312 e. The Labute approximate surface area is 214 Å². The zero-order chi connectivity index (χ0) is 25.7. The highest BCUT2D eigenvalue weighted by Crippen LogP contribution is 2.60. The molecule has 2 N–H and O–H groups in total. The van der Waals surface area contributed by atoms with Gasteiger partial charge in [-0.2, -0.15) is 0 Å². The molecule has 3 saturated heterocycles. The van der Waals surface area contributed by atoms with Crippen LogP contribution in [0.15, 0.2) is 18.2 Å². The second-order valence-corrected chi connectivity index (χ2v) is 11.6. The fraction of sp³-hybridized carbons (Fsp3) is 0.654. The molecular weight excluding hydrogens is 516 g/mol. The predicted molar refractivity (Wildman–Crippen MR) is 134 cm³/mol. The molecule has 3 aliphatic heterocycles. The monoisotopic (exact) mass is 550 g/mol. The van der Waals surface area contributed by atoms with E-state index in [1.54, 1.807) is 6.92 Å². The van der Waals surface area contributed by atoms with Gasteiger partial charge in [-0.3, -0.25) is 14.4 Å². The zero-order valence-corrected chi connectivity index (χ0v) is 22.5. The second-order valence-electron chi connectivity index (χ2n) is 10.4. The minimum absolute atomic E-state index is 0.183. The lowest BCUT2D eigenvalue weighted by Gasteiger charge is -2.37. The number of amides is 2. The number of nitrogens with one attached hydrogen (secondary N) is 1. The summed E-state index contributed by atoms with van der Waals surface area (Å²) in [6.07, 6.45) is 0.368. The summed E-state index contributed by atoms with van der Waals surface area (Å²) in [7, 11) is 0. The van der Waals surface area contributed by atoms with Gasteiger partial charge in [0, 0.05) is 10.5 Å². The largest absolute Gasteiger partial charge is 0.466 e. The van der Waals surface area contributed by atoms with Gasteiger partial charge in [-0.05, 0) is 50.7 Å². The number of aliphatic hydroxyl groups is 1. The maximum atomic E-state index is 14.0. The van der Waals surface area contributed by atoms with Crippen LogP contribution in [0.3, 0.4) is 0 Å². The molecule has 1 spiro atoms. The number of hydrogen-bond acceptors (Lipinski definition) is 6. The Kier molecular flexibility index (Phi) is 7.33. The van der Waals surface area contributed by atoms with Crippen LogP contribution in [0.4, 0.5) is 5.69 Å². The topological polar surface area (TPSA) is 105 Å². The molecule has 4 rings (SSSR count). The van der Waals surface area contributed by atoms with E-state index in [0.717, 1.165) is 11.1 Å². The summed E-state index contributed by atoms with van der Waals surface area (Å²) >= 11 is 3.64. The molecular formula is C26H35BrN2O6. The van der Waals surface area contributed by atoms with Gasteiger partial charge in [0.25, 0.3) is 0 Å². The van der Waals surface area contributed by atoms with Crippen molar-refractivity contribution < 1.29 is 29.0 Å². The van der Waals surface area contributed by atoms with Crippen LogP contribution in [-0.2, 0) is 23.9 Å². The van der Waals surface area contributed by atoms with Crippen LogP contribution in [0.25, 0.3) is 0 Å².